The van der Waals surface area contributed by atoms with Gasteiger partial charge in [0.05, 0.1) is 31.3 Å². The van der Waals surface area contributed by atoms with Gasteiger partial charge in [0.15, 0.2) is 0 Å². The number of anilines is 1. The molecule has 1 spiro atoms. The van der Waals surface area contributed by atoms with Crippen molar-refractivity contribution in [1.82, 2.24) is 14.9 Å². The van der Waals surface area contributed by atoms with Crippen molar-refractivity contribution >= 4 is 11.7 Å². The van der Waals surface area contributed by atoms with Crippen LogP contribution in [-0.4, -0.2) is 53.6 Å². The lowest BCUT2D eigenvalue weighted by atomic mass is 9.69. The zero-order chi connectivity index (χ0) is 23.0. The van der Waals surface area contributed by atoms with Crippen LogP contribution < -0.4 is 9.64 Å². The molecule has 0 N–H and O–H groups in total. The summed E-state index contributed by atoms with van der Waals surface area (Å²) in [6, 6.07) is 11.2. The van der Waals surface area contributed by atoms with Crippen molar-refractivity contribution in [1.29, 1.82) is 5.26 Å². The molecule has 1 saturated heterocycles. The molecule has 2 atom stereocenters. The van der Waals surface area contributed by atoms with Gasteiger partial charge in [0.2, 0.25) is 5.91 Å². The molecule has 1 unspecified atom stereocenters. The summed E-state index contributed by atoms with van der Waals surface area (Å²) in [7, 11) is 1.61. The first-order valence-electron chi connectivity index (χ1n) is 11.7. The Bertz CT molecular complexity index is 1140. The van der Waals surface area contributed by atoms with Gasteiger partial charge >= 0.3 is 6.01 Å². The van der Waals surface area contributed by atoms with Crippen molar-refractivity contribution in [3.8, 4) is 12.1 Å². The lowest BCUT2D eigenvalue weighted by Gasteiger charge is -2.42. The molecule has 1 aromatic heterocycles. The summed E-state index contributed by atoms with van der Waals surface area (Å²) in [6.45, 7) is 5.37. The van der Waals surface area contributed by atoms with E-state index >= 15 is 0 Å². The number of aromatic nitrogens is 2. The predicted octanol–water partition coefficient (Wildman–Crippen LogP) is 2.97. The number of carbonyl (C=O) groups is 1. The van der Waals surface area contributed by atoms with E-state index in [1.54, 1.807) is 12.0 Å². The van der Waals surface area contributed by atoms with Crippen molar-refractivity contribution in [2.75, 3.05) is 31.6 Å². The van der Waals surface area contributed by atoms with Gasteiger partial charge in [0.25, 0.3) is 0 Å². The number of piperazine rings is 1. The first-order chi connectivity index (χ1) is 16.1. The van der Waals surface area contributed by atoms with Gasteiger partial charge in [-0.1, -0.05) is 30.8 Å². The summed E-state index contributed by atoms with van der Waals surface area (Å²) in [5.41, 5.74) is 5.33. The van der Waals surface area contributed by atoms with Crippen LogP contribution in [0.4, 0.5) is 5.82 Å². The molecule has 0 saturated carbocycles. The zero-order valence-corrected chi connectivity index (χ0v) is 19.1. The maximum Gasteiger partial charge on any atom is 0.318 e. The Morgan fingerprint density at radius 2 is 2.12 bits per heavy atom. The maximum atomic E-state index is 12.3. The number of rotatable bonds is 4. The standard InChI is InChI=1S/C26H29N5O2/c1-3-23(32)31-15-14-30(17-19(31)10-13-27)24-20-9-12-26(16-22(20)28-25(29-24)33-2)11-8-18-6-4-5-7-21(18)26/h3-7,19H,1,8-12,14-17H2,2H3/t19?,26-/m0/s1. The average molecular weight is 444 g/mol. The molecule has 5 rings (SSSR count). The molecule has 170 valence electrons. The summed E-state index contributed by atoms with van der Waals surface area (Å²) in [5.74, 6) is 0.769. The summed E-state index contributed by atoms with van der Waals surface area (Å²) < 4.78 is 5.50. The SMILES string of the molecule is C=CC(=O)N1CCN(c2nc(OC)nc3c2CC[C@@]2(CCc4ccccc42)C3)CC1CC#N. The van der Waals surface area contributed by atoms with E-state index in [2.05, 4.69) is 41.8 Å². The molecule has 33 heavy (non-hydrogen) atoms. The largest absolute Gasteiger partial charge is 0.467 e. The van der Waals surface area contributed by atoms with E-state index in [1.807, 2.05) is 0 Å². The fourth-order valence-corrected chi connectivity index (χ4v) is 5.97. The van der Waals surface area contributed by atoms with Gasteiger partial charge < -0.3 is 14.5 Å². The van der Waals surface area contributed by atoms with Gasteiger partial charge in [-0.25, -0.2) is 0 Å². The Hall–Kier alpha value is -3.40. The van der Waals surface area contributed by atoms with Crippen LogP contribution in [0.3, 0.4) is 0 Å². The third kappa shape index (κ3) is 3.64. The Kier molecular flexibility index (Phi) is 5.53. The fraction of sp³-hybridized carbons (Fsp3) is 0.462. The molecule has 0 bridgehead atoms. The van der Waals surface area contributed by atoms with Crippen LogP contribution in [0, 0.1) is 11.3 Å². The molecule has 1 amide bonds. The van der Waals surface area contributed by atoms with E-state index in [4.69, 9.17) is 14.7 Å². The second-order valence-electron chi connectivity index (χ2n) is 9.27. The van der Waals surface area contributed by atoms with Crippen LogP contribution in [0.1, 0.15) is 41.6 Å². The number of fused-ring (bicyclic) bond motifs is 3. The minimum Gasteiger partial charge on any atom is -0.467 e. The monoisotopic (exact) mass is 443 g/mol. The number of hydrogen-bond acceptors (Lipinski definition) is 6. The number of nitriles is 1. The van der Waals surface area contributed by atoms with E-state index in [-0.39, 0.29) is 23.8 Å². The van der Waals surface area contributed by atoms with Crippen LogP contribution >= 0.6 is 0 Å². The molecule has 7 nitrogen and oxygen atoms in total. The van der Waals surface area contributed by atoms with Crippen molar-refractivity contribution in [3.05, 3.63) is 59.3 Å². The molecule has 3 aliphatic rings. The highest BCUT2D eigenvalue weighted by Gasteiger charge is 2.43. The van der Waals surface area contributed by atoms with E-state index in [9.17, 15) is 10.1 Å². The number of ether oxygens (including phenoxy) is 1. The molecular weight excluding hydrogens is 414 g/mol. The van der Waals surface area contributed by atoms with Gasteiger partial charge in [-0.2, -0.15) is 15.2 Å². The highest BCUT2D eigenvalue weighted by Crippen LogP contribution is 2.48. The first-order valence-corrected chi connectivity index (χ1v) is 11.7. The van der Waals surface area contributed by atoms with Gasteiger partial charge in [-0.15, -0.1) is 0 Å². The number of methoxy groups -OCH3 is 1. The molecule has 2 heterocycles. The van der Waals surface area contributed by atoms with Crippen LogP contribution in [0.2, 0.25) is 0 Å². The molecule has 1 aliphatic heterocycles. The van der Waals surface area contributed by atoms with Crippen LogP contribution in [0.25, 0.3) is 0 Å². The zero-order valence-electron chi connectivity index (χ0n) is 19.1. The van der Waals surface area contributed by atoms with Crippen LogP contribution in [-0.2, 0) is 29.5 Å². The Balaban J connectivity index is 1.48. The molecule has 2 aliphatic carbocycles. The van der Waals surface area contributed by atoms with E-state index < -0.39 is 0 Å². The van der Waals surface area contributed by atoms with Crippen molar-refractivity contribution < 1.29 is 9.53 Å². The van der Waals surface area contributed by atoms with Crippen LogP contribution in [0.5, 0.6) is 6.01 Å². The van der Waals surface area contributed by atoms with Crippen molar-refractivity contribution in [2.45, 2.75) is 50.0 Å². The fourth-order valence-electron chi connectivity index (χ4n) is 5.97. The molecule has 2 aromatic rings. The summed E-state index contributed by atoms with van der Waals surface area (Å²) in [5, 5.41) is 9.34. The Morgan fingerprint density at radius 3 is 2.91 bits per heavy atom. The maximum absolute atomic E-state index is 12.3. The number of benzene rings is 1. The minimum absolute atomic E-state index is 0.126. The normalized spacial score (nSPS) is 23.6. The summed E-state index contributed by atoms with van der Waals surface area (Å²) in [4.78, 5) is 25.8. The van der Waals surface area contributed by atoms with E-state index in [0.717, 1.165) is 43.6 Å². The van der Waals surface area contributed by atoms with Gasteiger partial charge in [-0.05, 0) is 49.3 Å². The third-order valence-electron chi connectivity index (χ3n) is 7.62. The highest BCUT2D eigenvalue weighted by molar-refractivity contribution is 5.87. The smallest absolute Gasteiger partial charge is 0.318 e. The number of amides is 1. The number of aryl methyl sites for hydroxylation is 1. The van der Waals surface area contributed by atoms with Crippen molar-refractivity contribution in [2.24, 2.45) is 0 Å². The quantitative estimate of drug-likeness (QED) is 0.676. The predicted molar refractivity (Wildman–Crippen MR) is 125 cm³/mol. The first kappa shape index (κ1) is 21.4. The number of carbonyl (C=O) groups excluding carboxylic acids is 1. The van der Waals surface area contributed by atoms with E-state index in [1.165, 1.54) is 22.8 Å². The summed E-state index contributed by atoms with van der Waals surface area (Å²) >= 11 is 0. The molecule has 0 radical (unpaired) electrons. The van der Waals surface area contributed by atoms with Crippen molar-refractivity contribution in [3.63, 3.8) is 0 Å². The molecule has 1 fully saturated rings. The summed E-state index contributed by atoms with van der Waals surface area (Å²) in [6.07, 6.45) is 6.76. The number of hydrogen-bond donors (Lipinski definition) is 0. The highest BCUT2D eigenvalue weighted by atomic mass is 16.5. The minimum atomic E-state index is -0.192. The van der Waals surface area contributed by atoms with Gasteiger partial charge in [0.1, 0.15) is 5.82 Å². The Labute approximate surface area is 194 Å². The lowest BCUT2D eigenvalue weighted by molar-refractivity contribution is -0.128. The van der Waals surface area contributed by atoms with Gasteiger partial charge in [-0.3, -0.25) is 4.79 Å². The van der Waals surface area contributed by atoms with Gasteiger partial charge in [0, 0.05) is 30.6 Å². The lowest BCUT2D eigenvalue weighted by Crippen LogP contribution is -2.55. The Morgan fingerprint density at radius 1 is 1.30 bits per heavy atom. The molecule has 7 heteroatoms. The number of nitrogens with zero attached hydrogens (tertiary/aromatic N) is 5. The second kappa shape index (κ2) is 8.51. The topological polar surface area (TPSA) is 82.3 Å². The molecular formula is C26H29N5O2. The third-order valence-corrected chi connectivity index (χ3v) is 7.62. The average Bonchev–Trinajstić information content (AvgIpc) is 3.20. The van der Waals surface area contributed by atoms with Crippen LogP contribution in [0.15, 0.2) is 36.9 Å². The second-order valence-corrected chi connectivity index (χ2v) is 9.27. The van der Waals surface area contributed by atoms with E-state index in [0.29, 0.717) is 25.6 Å². The molecule has 1 aromatic carbocycles.